The van der Waals surface area contributed by atoms with Crippen molar-refractivity contribution in [2.75, 3.05) is 0 Å². The van der Waals surface area contributed by atoms with Gasteiger partial charge < -0.3 is 9.26 Å². The topological polar surface area (TPSA) is 65.2 Å². The number of benzene rings is 1. The van der Waals surface area contributed by atoms with Gasteiger partial charge in [0.1, 0.15) is 18.1 Å². The van der Waals surface area contributed by atoms with Gasteiger partial charge in [0.05, 0.1) is 6.20 Å². The second-order valence-corrected chi connectivity index (χ2v) is 4.40. The first-order valence-corrected chi connectivity index (χ1v) is 6.16. The van der Waals surface area contributed by atoms with Crippen LogP contribution < -0.4 is 4.74 Å². The predicted molar refractivity (Wildman–Crippen MR) is 72.7 cm³/mol. The van der Waals surface area contributed by atoms with Crippen LogP contribution in [0.15, 0.2) is 41.1 Å². The molecule has 0 radical (unpaired) electrons. The summed E-state index contributed by atoms with van der Waals surface area (Å²) in [6.45, 7) is 2.15. The molecule has 3 rings (SSSR count). The molecule has 3 aromatic rings. The van der Waals surface area contributed by atoms with Gasteiger partial charge in [0.25, 0.3) is 0 Å². The molecule has 20 heavy (non-hydrogen) atoms. The van der Waals surface area contributed by atoms with Crippen LogP contribution in [0, 0.1) is 6.92 Å². The second kappa shape index (κ2) is 5.13. The number of fused-ring (bicyclic) bond motifs is 1. The van der Waals surface area contributed by atoms with E-state index in [4.69, 9.17) is 9.26 Å². The maximum atomic E-state index is 11.0. The molecule has 2 aromatic heterocycles. The van der Waals surface area contributed by atoms with Crippen molar-refractivity contribution in [3.8, 4) is 5.75 Å². The Bertz CT molecular complexity index is 765. The number of aromatic nitrogens is 2. The number of aldehydes is 1. The molecule has 0 spiro atoms. The summed E-state index contributed by atoms with van der Waals surface area (Å²) >= 11 is 0. The van der Waals surface area contributed by atoms with Gasteiger partial charge in [-0.2, -0.15) is 0 Å². The van der Waals surface area contributed by atoms with Gasteiger partial charge in [-0.1, -0.05) is 17.3 Å². The first-order chi connectivity index (χ1) is 9.78. The van der Waals surface area contributed by atoms with Crippen LogP contribution in [0.4, 0.5) is 0 Å². The molecule has 0 saturated carbocycles. The van der Waals surface area contributed by atoms with Crippen molar-refractivity contribution in [3.63, 3.8) is 0 Å². The van der Waals surface area contributed by atoms with E-state index in [9.17, 15) is 4.79 Å². The number of rotatable bonds is 4. The summed E-state index contributed by atoms with van der Waals surface area (Å²) in [5, 5.41) is 4.67. The lowest BCUT2D eigenvalue weighted by Crippen LogP contribution is -2.01. The standard InChI is InChI=1S/C15H12N2O3/c1-10-5-6-15(13(8-18)17-10)19-9-11-3-2-4-14-12(11)7-16-20-14/h2-8H,9H2,1H3. The molecule has 0 aliphatic carbocycles. The van der Waals surface area contributed by atoms with Crippen LogP contribution in [-0.2, 0) is 6.61 Å². The molecule has 0 fully saturated rings. The number of pyridine rings is 1. The zero-order valence-electron chi connectivity index (χ0n) is 10.9. The maximum absolute atomic E-state index is 11.0. The molecule has 5 nitrogen and oxygen atoms in total. The molecule has 0 atom stereocenters. The minimum atomic E-state index is 0.308. The number of hydrogen-bond donors (Lipinski definition) is 0. The largest absolute Gasteiger partial charge is 0.486 e. The van der Waals surface area contributed by atoms with Crippen molar-refractivity contribution in [1.82, 2.24) is 10.1 Å². The SMILES string of the molecule is Cc1ccc(OCc2cccc3oncc23)c(C=O)n1. The molecule has 2 heterocycles. The average Bonchev–Trinajstić information content (AvgIpc) is 2.94. The molecule has 0 N–H and O–H groups in total. The molecular formula is C15H12N2O3. The van der Waals surface area contributed by atoms with Crippen molar-refractivity contribution in [2.45, 2.75) is 13.5 Å². The van der Waals surface area contributed by atoms with E-state index in [0.29, 0.717) is 29.9 Å². The summed E-state index contributed by atoms with van der Waals surface area (Å²) in [6.07, 6.45) is 2.35. The third-order valence-corrected chi connectivity index (χ3v) is 3.01. The van der Waals surface area contributed by atoms with E-state index >= 15 is 0 Å². The number of ether oxygens (including phenoxy) is 1. The Morgan fingerprint density at radius 1 is 1.30 bits per heavy atom. The van der Waals surface area contributed by atoms with Crippen LogP contribution >= 0.6 is 0 Å². The predicted octanol–water partition coefficient (Wildman–Crippen LogP) is 2.92. The highest BCUT2D eigenvalue weighted by Crippen LogP contribution is 2.21. The molecule has 0 unspecified atom stereocenters. The number of carbonyl (C=O) groups excluding carboxylic acids is 1. The van der Waals surface area contributed by atoms with E-state index in [-0.39, 0.29) is 0 Å². The summed E-state index contributed by atoms with van der Waals surface area (Å²) in [7, 11) is 0. The van der Waals surface area contributed by atoms with Gasteiger partial charge in [0, 0.05) is 16.6 Å². The van der Waals surface area contributed by atoms with E-state index < -0.39 is 0 Å². The fourth-order valence-corrected chi connectivity index (χ4v) is 2.00. The second-order valence-electron chi connectivity index (χ2n) is 4.40. The summed E-state index contributed by atoms with van der Waals surface area (Å²) in [6, 6.07) is 9.21. The summed E-state index contributed by atoms with van der Waals surface area (Å²) in [4.78, 5) is 15.1. The highest BCUT2D eigenvalue weighted by Gasteiger charge is 2.08. The molecule has 0 aliphatic heterocycles. The lowest BCUT2D eigenvalue weighted by molar-refractivity contribution is 0.111. The van der Waals surface area contributed by atoms with Crippen molar-refractivity contribution >= 4 is 17.3 Å². The number of aryl methyl sites for hydroxylation is 1. The molecule has 100 valence electrons. The Labute approximate surface area is 115 Å². The minimum Gasteiger partial charge on any atom is -0.486 e. The Morgan fingerprint density at radius 3 is 3.05 bits per heavy atom. The smallest absolute Gasteiger partial charge is 0.172 e. The zero-order chi connectivity index (χ0) is 13.9. The number of carbonyl (C=O) groups is 1. The van der Waals surface area contributed by atoms with E-state index in [1.165, 1.54) is 0 Å². The Hall–Kier alpha value is -2.69. The van der Waals surface area contributed by atoms with E-state index in [2.05, 4.69) is 10.1 Å². The summed E-state index contributed by atoms with van der Waals surface area (Å²) in [5.41, 5.74) is 2.74. The molecule has 0 bridgehead atoms. The van der Waals surface area contributed by atoms with Crippen LogP contribution in [0.3, 0.4) is 0 Å². The van der Waals surface area contributed by atoms with Gasteiger partial charge in [-0.15, -0.1) is 0 Å². The Morgan fingerprint density at radius 2 is 2.20 bits per heavy atom. The van der Waals surface area contributed by atoms with Gasteiger partial charge in [-0.05, 0) is 25.1 Å². The molecule has 1 aromatic carbocycles. The Balaban J connectivity index is 1.86. The monoisotopic (exact) mass is 268 g/mol. The quantitative estimate of drug-likeness (QED) is 0.681. The van der Waals surface area contributed by atoms with Gasteiger partial charge in [0.2, 0.25) is 0 Å². The highest BCUT2D eigenvalue weighted by molar-refractivity contribution is 5.79. The minimum absolute atomic E-state index is 0.308. The highest BCUT2D eigenvalue weighted by atomic mass is 16.5. The lowest BCUT2D eigenvalue weighted by Gasteiger charge is -2.08. The van der Waals surface area contributed by atoms with Crippen LogP contribution in [-0.4, -0.2) is 16.4 Å². The fraction of sp³-hybridized carbons (Fsp3) is 0.133. The summed E-state index contributed by atoms with van der Waals surface area (Å²) < 4.78 is 10.8. The number of nitrogens with zero attached hydrogens (tertiary/aromatic N) is 2. The van der Waals surface area contributed by atoms with Crippen molar-refractivity contribution in [2.24, 2.45) is 0 Å². The number of hydrogen-bond acceptors (Lipinski definition) is 5. The van der Waals surface area contributed by atoms with Crippen LogP contribution in [0.2, 0.25) is 0 Å². The van der Waals surface area contributed by atoms with E-state index in [0.717, 1.165) is 16.6 Å². The molecular weight excluding hydrogens is 256 g/mol. The van der Waals surface area contributed by atoms with E-state index in [1.54, 1.807) is 12.3 Å². The molecule has 0 saturated heterocycles. The molecule has 0 amide bonds. The normalized spacial score (nSPS) is 10.7. The third-order valence-electron chi connectivity index (χ3n) is 3.01. The Kier molecular flexibility index (Phi) is 3.16. The zero-order valence-corrected chi connectivity index (χ0v) is 10.9. The first-order valence-electron chi connectivity index (χ1n) is 6.16. The van der Waals surface area contributed by atoms with Crippen LogP contribution in [0.1, 0.15) is 21.7 Å². The van der Waals surface area contributed by atoms with Crippen molar-refractivity contribution in [3.05, 3.63) is 53.5 Å². The van der Waals surface area contributed by atoms with Crippen molar-refractivity contribution < 1.29 is 14.1 Å². The van der Waals surface area contributed by atoms with Crippen LogP contribution in [0.25, 0.3) is 11.0 Å². The van der Waals surface area contributed by atoms with Gasteiger partial charge in [-0.3, -0.25) is 4.79 Å². The van der Waals surface area contributed by atoms with E-state index in [1.807, 2.05) is 31.2 Å². The van der Waals surface area contributed by atoms with Crippen LogP contribution in [0.5, 0.6) is 5.75 Å². The maximum Gasteiger partial charge on any atom is 0.172 e. The lowest BCUT2D eigenvalue weighted by atomic mass is 10.1. The van der Waals surface area contributed by atoms with Gasteiger partial charge >= 0.3 is 0 Å². The summed E-state index contributed by atoms with van der Waals surface area (Å²) in [5.74, 6) is 0.471. The average molecular weight is 268 g/mol. The molecule has 5 heteroatoms. The van der Waals surface area contributed by atoms with Gasteiger partial charge in [-0.25, -0.2) is 4.98 Å². The van der Waals surface area contributed by atoms with Crippen molar-refractivity contribution in [1.29, 1.82) is 0 Å². The fourth-order valence-electron chi connectivity index (χ4n) is 2.00. The first kappa shape index (κ1) is 12.3. The molecule has 0 aliphatic rings. The third kappa shape index (κ3) is 2.25. The van der Waals surface area contributed by atoms with Gasteiger partial charge in [0.15, 0.2) is 11.9 Å².